The highest BCUT2D eigenvalue weighted by Gasteiger charge is 2.19. The van der Waals surface area contributed by atoms with E-state index >= 15 is 0 Å². The van der Waals surface area contributed by atoms with E-state index in [1.54, 1.807) is 0 Å². The van der Waals surface area contributed by atoms with Crippen LogP contribution in [-0.4, -0.2) is 6.04 Å². The lowest BCUT2D eigenvalue weighted by Gasteiger charge is -2.11. The summed E-state index contributed by atoms with van der Waals surface area (Å²) < 4.78 is 5.96. The van der Waals surface area contributed by atoms with Gasteiger partial charge in [0.2, 0.25) is 0 Å². The van der Waals surface area contributed by atoms with Crippen LogP contribution in [0.1, 0.15) is 29.5 Å². The Bertz CT molecular complexity index is 602. The van der Waals surface area contributed by atoms with Crippen molar-refractivity contribution in [2.24, 2.45) is 0 Å². The molecule has 0 unspecified atom stereocenters. The molecule has 0 saturated heterocycles. The molecule has 2 aromatic rings. The zero-order valence-corrected chi connectivity index (χ0v) is 12.1. The molecule has 0 aliphatic heterocycles. The predicted octanol–water partition coefficient (Wildman–Crippen LogP) is 4.35. The molecule has 2 heteroatoms. The van der Waals surface area contributed by atoms with E-state index in [0.717, 1.165) is 24.1 Å². The maximum Gasteiger partial charge on any atom is 0.130 e. The fraction of sp³-hybridized carbons (Fsp3) is 0.333. The van der Waals surface area contributed by atoms with Gasteiger partial charge in [0.1, 0.15) is 11.5 Å². The van der Waals surface area contributed by atoms with Crippen LogP contribution in [0.3, 0.4) is 0 Å². The molecule has 1 saturated carbocycles. The van der Waals surface area contributed by atoms with Gasteiger partial charge in [-0.3, -0.25) is 0 Å². The monoisotopic (exact) mass is 267 g/mol. The summed E-state index contributed by atoms with van der Waals surface area (Å²) in [6.45, 7) is 5.13. The molecule has 0 aromatic heterocycles. The van der Waals surface area contributed by atoms with Gasteiger partial charge in [0.25, 0.3) is 0 Å². The first-order valence-corrected chi connectivity index (χ1v) is 7.28. The average molecular weight is 267 g/mol. The van der Waals surface area contributed by atoms with Crippen molar-refractivity contribution in [3.8, 4) is 11.5 Å². The molecule has 1 aliphatic carbocycles. The first kappa shape index (κ1) is 13.2. The van der Waals surface area contributed by atoms with Crippen molar-refractivity contribution in [2.45, 2.75) is 39.3 Å². The molecule has 0 amide bonds. The van der Waals surface area contributed by atoms with Gasteiger partial charge in [-0.05, 0) is 61.6 Å². The van der Waals surface area contributed by atoms with Crippen LogP contribution in [0.5, 0.6) is 11.5 Å². The SMILES string of the molecule is Cc1cccc(Oc2ccc(CNC3CC3)cc2C)c1. The van der Waals surface area contributed by atoms with Crippen LogP contribution in [0, 0.1) is 13.8 Å². The van der Waals surface area contributed by atoms with Crippen molar-refractivity contribution >= 4 is 0 Å². The van der Waals surface area contributed by atoms with Crippen LogP contribution in [0.15, 0.2) is 42.5 Å². The van der Waals surface area contributed by atoms with E-state index in [0.29, 0.717) is 0 Å². The number of aryl methyl sites for hydroxylation is 2. The van der Waals surface area contributed by atoms with Crippen LogP contribution in [0.2, 0.25) is 0 Å². The van der Waals surface area contributed by atoms with Crippen molar-refractivity contribution in [2.75, 3.05) is 0 Å². The molecule has 20 heavy (non-hydrogen) atoms. The molecule has 1 fully saturated rings. The molecule has 0 heterocycles. The lowest BCUT2D eigenvalue weighted by atomic mass is 10.1. The van der Waals surface area contributed by atoms with Crippen LogP contribution < -0.4 is 10.1 Å². The minimum atomic E-state index is 0.749. The fourth-order valence-corrected chi connectivity index (χ4v) is 2.29. The topological polar surface area (TPSA) is 21.3 Å². The number of hydrogen-bond donors (Lipinski definition) is 1. The van der Waals surface area contributed by atoms with Crippen molar-refractivity contribution in [3.63, 3.8) is 0 Å². The third-order valence-electron chi connectivity index (χ3n) is 3.63. The Labute approximate surface area is 120 Å². The predicted molar refractivity (Wildman–Crippen MR) is 82.3 cm³/mol. The van der Waals surface area contributed by atoms with Gasteiger partial charge in [-0.25, -0.2) is 0 Å². The van der Waals surface area contributed by atoms with Gasteiger partial charge in [-0.1, -0.05) is 24.3 Å². The quantitative estimate of drug-likeness (QED) is 0.869. The van der Waals surface area contributed by atoms with Crippen LogP contribution >= 0.6 is 0 Å². The molecular formula is C18H21NO. The van der Waals surface area contributed by atoms with Gasteiger partial charge >= 0.3 is 0 Å². The smallest absolute Gasteiger partial charge is 0.130 e. The van der Waals surface area contributed by atoms with Gasteiger partial charge in [0.05, 0.1) is 0 Å². The number of hydrogen-bond acceptors (Lipinski definition) is 2. The van der Waals surface area contributed by atoms with E-state index in [-0.39, 0.29) is 0 Å². The van der Waals surface area contributed by atoms with Crippen molar-refractivity contribution < 1.29 is 4.74 Å². The van der Waals surface area contributed by atoms with Crippen molar-refractivity contribution in [1.29, 1.82) is 0 Å². The van der Waals surface area contributed by atoms with E-state index in [2.05, 4.69) is 49.5 Å². The first-order valence-electron chi connectivity index (χ1n) is 7.28. The van der Waals surface area contributed by atoms with E-state index in [1.165, 1.54) is 29.5 Å². The lowest BCUT2D eigenvalue weighted by molar-refractivity contribution is 0.478. The minimum absolute atomic E-state index is 0.749. The Morgan fingerprint density at radius 1 is 1.10 bits per heavy atom. The third kappa shape index (κ3) is 3.40. The van der Waals surface area contributed by atoms with E-state index in [9.17, 15) is 0 Å². The second-order valence-corrected chi connectivity index (χ2v) is 5.67. The van der Waals surface area contributed by atoms with Crippen LogP contribution in [-0.2, 0) is 6.54 Å². The van der Waals surface area contributed by atoms with Gasteiger partial charge in [-0.2, -0.15) is 0 Å². The minimum Gasteiger partial charge on any atom is -0.457 e. The molecule has 1 N–H and O–H groups in total. The molecule has 2 aromatic carbocycles. The molecule has 3 rings (SSSR count). The van der Waals surface area contributed by atoms with Gasteiger partial charge in [0.15, 0.2) is 0 Å². The molecule has 0 atom stereocenters. The van der Waals surface area contributed by atoms with Gasteiger partial charge in [-0.15, -0.1) is 0 Å². The Morgan fingerprint density at radius 3 is 2.65 bits per heavy atom. The fourth-order valence-electron chi connectivity index (χ4n) is 2.29. The first-order chi connectivity index (χ1) is 9.70. The maximum atomic E-state index is 5.96. The summed E-state index contributed by atoms with van der Waals surface area (Å²) in [6.07, 6.45) is 2.65. The highest BCUT2D eigenvalue weighted by atomic mass is 16.5. The Hall–Kier alpha value is -1.80. The molecule has 104 valence electrons. The lowest BCUT2D eigenvalue weighted by Crippen LogP contribution is -2.15. The normalized spacial score (nSPS) is 14.3. The van der Waals surface area contributed by atoms with Gasteiger partial charge in [0, 0.05) is 12.6 Å². The molecule has 0 bridgehead atoms. The van der Waals surface area contributed by atoms with E-state index in [1.807, 2.05) is 12.1 Å². The average Bonchev–Trinajstić information content (AvgIpc) is 3.23. The van der Waals surface area contributed by atoms with Crippen LogP contribution in [0.25, 0.3) is 0 Å². The third-order valence-corrected chi connectivity index (χ3v) is 3.63. The molecule has 2 nitrogen and oxygen atoms in total. The molecule has 1 aliphatic rings. The zero-order chi connectivity index (χ0) is 13.9. The highest BCUT2D eigenvalue weighted by Crippen LogP contribution is 2.26. The summed E-state index contributed by atoms with van der Waals surface area (Å²) in [6, 6.07) is 15.3. The summed E-state index contributed by atoms with van der Waals surface area (Å²) in [5.74, 6) is 1.84. The van der Waals surface area contributed by atoms with E-state index < -0.39 is 0 Å². The number of benzene rings is 2. The summed E-state index contributed by atoms with van der Waals surface area (Å²) in [5, 5.41) is 3.54. The largest absolute Gasteiger partial charge is 0.457 e. The molecule has 0 radical (unpaired) electrons. The Balaban J connectivity index is 1.69. The standard InChI is InChI=1S/C18H21NO/c1-13-4-3-5-17(10-13)20-18-9-6-15(11-14(18)2)12-19-16-7-8-16/h3-6,9-11,16,19H,7-8,12H2,1-2H3. The van der Waals surface area contributed by atoms with Gasteiger partial charge < -0.3 is 10.1 Å². The highest BCUT2D eigenvalue weighted by molar-refractivity contribution is 5.40. The van der Waals surface area contributed by atoms with E-state index in [4.69, 9.17) is 4.74 Å². The molecular weight excluding hydrogens is 246 g/mol. The Kier molecular flexibility index (Phi) is 3.75. The Morgan fingerprint density at radius 2 is 1.95 bits per heavy atom. The summed E-state index contributed by atoms with van der Waals surface area (Å²) >= 11 is 0. The summed E-state index contributed by atoms with van der Waals surface area (Å²) in [4.78, 5) is 0. The van der Waals surface area contributed by atoms with Crippen molar-refractivity contribution in [3.05, 3.63) is 59.2 Å². The zero-order valence-electron chi connectivity index (χ0n) is 12.1. The van der Waals surface area contributed by atoms with Crippen LogP contribution in [0.4, 0.5) is 0 Å². The number of nitrogens with one attached hydrogen (secondary N) is 1. The maximum absolute atomic E-state index is 5.96. The number of ether oxygens (including phenoxy) is 1. The summed E-state index contributed by atoms with van der Waals surface area (Å²) in [5.41, 5.74) is 3.72. The second-order valence-electron chi connectivity index (χ2n) is 5.67. The van der Waals surface area contributed by atoms with Crippen molar-refractivity contribution in [1.82, 2.24) is 5.32 Å². The molecule has 0 spiro atoms. The second kappa shape index (κ2) is 5.68. The summed E-state index contributed by atoms with van der Waals surface area (Å²) in [7, 11) is 0. The number of rotatable bonds is 5.